The fourth-order valence-corrected chi connectivity index (χ4v) is 5.06. The Balaban J connectivity index is 2.10. The van der Waals surface area contributed by atoms with Crippen molar-refractivity contribution in [1.82, 2.24) is 4.90 Å². The number of nitrogens with zero attached hydrogens (tertiary/aromatic N) is 1. The van der Waals surface area contributed by atoms with Gasteiger partial charge in [0.15, 0.2) is 0 Å². The van der Waals surface area contributed by atoms with E-state index in [1.807, 2.05) is 0 Å². The largest absolute Gasteiger partial charge is 0.393 e. The molecular formula is C18H35NO. The van der Waals surface area contributed by atoms with Crippen molar-refractivity contribution < 1.29 is 5.11 Å². The van der Waals surface area contributed by atoms with Crippen molar-refractivity contribution in [2.75, 3.05) is 6.54 Å². The Morgan fingerprint density at radius 2 is 1.75 bits per heavy atom. The minimum atomic E-state index is -0.112. The monoisotopic (exact) mass is 281 g/mol. The highest BCUT2D eigenvalue weighted by Gasteiger charge is 2.47. The van der Waals surface area contributed by atoms with Crippen LogP contribution in [0.25, 0.3) is 0 Å². The minimum absolute atomic E-state index is 0.112. The highest BCUT2D eigenvalue weighted by molar-refractivity contribution is 5.00. The van der Waals surface area contributed by atoms with Gasteiger partial charge in [-0.25, -0.2) is 0 Å². The van der Waals surface area contributed by atoms with Gasteiger partial charge in [-0.15, -0.1) is 0 Å². The molecule has 0 aromatic rings. The summed E-state index contributed by atoms with van der Waals surface area (Å²) in [4.78, 5) is 2.70. The van der Waals surface area contributed by atoms with E-state index in [1.54, 1.807) is 0 Å². The lowest BCUT2D eigenvalue weighted by Gasteiger charge is -2.49. The van der Waals surface area contributed by atoms with Crippen LogP contribution in [0, 0.1) is 23.7 Å². The van der Waals surface area contributed by atoms with Gasteiger partial charge < -0.3 is 5.11 Å². The van der Waals surface area contributed by atoms with E-state index in [1.165, 1.54) is 25.8 Å². The first-order valence-corrected chi connectivity index (χ1v) is 8.70. The smallest absolute Gasteiger partial charge is 0.0588 e. The molecule has 1 aliphatic heterocycles. The van der Waals surface area contributed by atoms with Gasteiger partial charge in [0, 0.05) is 17.5 Å². The third-order valence-electron chi connectivity index (χ3n) is 6.40. The summed E-state index contributed by atoms with van der Waals surface area (Å²) in [5.41, 5.74) is 0.128. The maximum Gasteiger partial charge on any atom is 0.0588 e. The van der Waals surface area contributed by atoms with E-state index in [0.29, 0.717) is 17.9 Å². The Morgan fingerprint density at radius 1 is 1.10 bits per heavy atom. The van der Waals surface area contributed by atoms with Crippen molar-refractivity contribution in [1.29, 1.82) is 0 Å². The number of hydrogen-bond donors (Lipinski definition) is 1. The first-order valence-electron chi connectivity index (χ1n) is 8.70. The molecule has 0 spiro atoms. The van der Waals surface area contributed by atoms with Crippen molar-refractivity contribution in [3.8, 4) is 0 Å². The van der Waals surface area contributed by atoms with Gasteiger partial charge in [0.25, 0.3) is 0 Å². The molecule has 118 valence electrons. The van der Waals surface area contributed by atoms with Crippen molar-refractivity contribution in [3.63, 3.8) is 0 Å². The third kappa shape index (κ3) is 2.92. The van der Waals surface area contributed by atoms with Crippen LogP contribution >= 0.6 is 0 Å². The van der Waals surface area contributed by atoms with E-state index in [9.17, 15) is 5.11 Å². The van der Waals surface area contributed by atoms with Crippen LogP contribution in [0.1, 0.15) is 67.2 Å². The number of rotatable bonds is 3. The fourth-order valence-electron chi connectivity index (χ4n) is 5.06. The van der Waals surface area contributed by atoms with Gasteiger partial charge in [-0.3, -0.25) is 4.90 Å². The molecule has 2 aliphatic rings. The van der Waals surface area contributed by atoms with Crippen molar-refractivity contribution >= 4 is 0 Å². The summed E-state index contributed by atoms with van der Waals surface area (Å²) in [6, 6.07) is 0.650. The zero-order valence-electron chi connectivity index (χ0n) is 14.4. The topological polar surface area (TPSA) is 23.5 Å². The molecule has 2 heteroatoms. The average Bonchev–Trinajstić information content (AvgIpc) is 2.71. The summed E-state index contributed by atoms with van der Waals surface area (Å²) in [5.74, 6) is 2.71. The lowest BCUT2D eigenvalue weighted by atomic mass is 9.71. The van der Waals surface area contributed by atoms with Gasteiger partial charge in [-0.2, -0.15) is 0 Å². The van der Waals surface area contributed by atoms with Crippen LogP contribution in [-0.2, 0) is 0 Å². The van der Waals surface area contributed by atoms with Crippen LogP contribution in [0.3, 0.4) is 0 Å². The molecule has 1 N–H and O–H groups in total. The molecule has 1 heterocycles. The van der Waals surface area contributed by atoms with E-state index in [4.69, 9.17) is 0 Å². The standard InChI is InChI=1S/C18H35NO/c1-12(2)15-9-10-19(14(15)4)18(5,6)16-8-7-13(3)11-17(16)20/h12-17,20H,7-11H2,1-6H3/t13-,14+,15+,16-,17-/m1/s1. The summed E-state index contributed by atoms with van der Waals surface area (Å²) < 4.78 is 0. The molecule has 0 bridgehead atoms. The van der Waals surface area contributed by atoms with Gasteiger partial charge in [0.05, 0.1) is 6.10 Å². The Bertz CT molecular complexity index is 325. The van der Waals surface area contributed by atoms with Gasteiger partial charge in [-0.1, -0.05) is 27.2 Å². The number of hydrogen-bond acceptors (Lipinski definition) is 2. The molecule has 0 aromatic carbocycles. The molecule has 1 aliphatic carbocycles. The second-order valence-corrected chi connectivity index (χ2v) is 8.38. The molecule has 0 radical (unpaired) electrons. The zero-order valence-corrected chi connectivity index (χ0v) is 14.4. The quantitative estimate of drug-likeness (QED) is 0.847. The lowest BCUT2D eigenvalue weighted by molar-refractivity contribution is -0.0505. The molecule has 5 atom stereocenters. The van der Waals surface area contributed by atoms with E-state index in [2.05, 4.69) is 46.4 Å². The second-order valence-electron chi connectivity index (χ2n) is 8.38. The van der Waals surface area contributed by atoms with Crippen molar-refractivity contribution in [3.05, 3.63) is 0 Å². The predicted octanol–water partition coefficient (Wildman–Crippen LogP) is 3.93. The molecule has 1 saturated heterocycles. The highest BCUT2D eigenvalue weighted by atomic mass is 16.3. The van der Waals surface area contributed by atoms with Crippen molar-refractivity contribution in [2.24, 2.45) is 23.7 Å². The number of aliphatic hydroxyl groups excluding tert-OH is 1. The molecule has 20 heavy (non-hydrogen) atoms. The molecule has 0 unspecified atom stereocenters. The van der Waals surface area contributed by atoms with E-state index in [0.717, 1.165) is 18.3 Å². The predicted molar refractivity (Wildman–Crippen MR) is 85.7 cm³/mol. The number of likely N-dealkylation sites (tertiary alicyclic amines) is 1. The van der Waals surface area contributed by atoms with Crippen LogP contribution in [0.4, 0.5) is 0 Å². The average molecular weight is 281 g/mol. The van der Waals surface area contributed by atoms with Gasteiger partial charge in [0.2, 0.25) is 0 Å². The fraction of sp³-hybridized carbons (Fsp3) is 1.00. The van der Waals surface area contributed by atoms with Crippen LogP contribution in [0.2, 0.25) is 0 Å². The molecule has 2 nitrogen and oxygen atoms in total. The Hall–Kier alpha value is -0.0800. The summed E-state index contributed by atoms with van der Waals surface area (Å²) in [5, 5.41) is 10.6. The van der Waals surface area contributed by atoms with Crippen LogP contribution < -0.4 is 0 Å². The molecular weight excluding hydrogens is 246 g/mol. The maximum atomic E-state index is 10.6. The summed E-state index contributed by atoms with van der Waals surface area (Å²) >= 11 is 0. The Kier molecular flexibility index (Phi) is 4.86. The summed E-state index contributed by atoms with van der Waals surface area (Å²) in [7, 11) is 0. The van der Waals surface area contributed by atoms with Gasteiger partial charge in [-0.05, 0) is 64.3 Å². The normalized spacial score (nSPS) is 40.5. The SMILES string of the molecule is CC(C)[C@@H]1CCN(C(C)(C)[C@@H]2CC[C@@H](C)C[C@H]2O)[C@H]1C. The van der Waals surface area contributed by atoms with E-state index >= 15 is 0 Å². The van der Waals surface area contributed by atoms with Gasteiger partial charge in [0.1, 0.15) is 0 Å². The highest BCUT2D eigenvalue weighted by Crippen LogP contribution is 2.43. The molecule has 0 amide bonds. The van der Waals surface area contributed by atoms with Gasteiger partial charge >= 0.3 is 0 Å². The second kappa shape index (κ2) is 5.96. The molecule has 2 rings (SSSR count). The molecule has 0 aromatic heterocycles. The first-order chi connectivity index (χ1) is 9.25. The maximum absolute atomic E-state index is 10.6. The first kappa shape index (κ1) is 16.3. The van der Waals surface area contributed by atoms with Crippen molar-refractivity contribution in [2.45, 2.75) is 84.9 Å². The lowest BCUT2D eigenvalue weighted by Crippen LogP contribution is -2.56. The van der Waals surface area contributed by atoms with E-state index in [-0.39, 0.29) is 11.6 Å². The Morgan fingerprint density at radius 3 is 2.25 bits per heavy atom. The summed E-state index contributed by atoms with van der Waals surface area (Å²) in [6.07, 6.45) is 4.66. The minimum Gasteiger partial charge on any atom is -0.393 e. The number of aliphatic hydroxyl groups is 1. The van der Waals surface area contributed by atoms with E-state index < -0.39 is 0 Å². The van der Waals surface area contributed by atoms with Crippen LogP contribution in [0.5, 0.6) is 0 Å². The third-order valence-corrected chi connectivity index (χ3v) is 6.40. The molecule has 2 fully saturated rings. The zero-order chi connectivity index (χ0) is 15.1. The van der Waals surface area contributed by atoms with Crippen LogP contribution in [-0.4, -0.2) is 34.2 Å². The molecule has 1 saturated carbocycles. The van der Waals surface area contributed by atoms with Crippen LogP contribution in [0.15, 0.2) is 0 Å². The Labute approximate surface area is 125 Å². The summed E-state index contributed by atoms with van der Waals surface area (Å²) in [6.45, 7) is 15.3.